The number of aliphatic carboxylic acids is 1. The van der Waals surface area contributed by atoms with Crippen molar-refractivity contribution in [2.24, 2.45) is 0 Å². The van der Waals surface area contributed by atoms with E-state index in [9.17, 15) is 9.90 Å². The maximum Gasteiger partial charge on any atom is 0.333 e. The molecule has 0 saturated carbocycles. The number of carbonyl (C=O) groups is 1. The summed E-state index contributed by atoms with van der Waals surface area (Å²) in [7, 11) is 2.21. The highest BCUT2D eigenvalue weighted by Gasteiger charge is 2.27. The summed E-state index contributed by atoms with van der Waals surface area (Å²) in [5.74, 6) is -0.158. The summed E-state index contributed by atoms with van der Waals surface area (Å²) in [6, 6.07) is 32.8. The molecule has 0 bridgehead atoms. The Hall–Kier alpha value is -3.93. The van der Waals surface area contributed by atoms with Gasteiger partial charge in [-0.05, 0) is 103 Å². The van der Waals surface area contributed by atoms with Crippen LogP contribution in [-0.4, -0.2) is 48.9 Å². The van der Waals surface area contributed by atoms with Crippen LogP contribution < -0.4 is 4.74 Å². The Morgan fingerprint density at radius 2 is 1.52 bits per heavy atom. The number of fused-ring (bicyclic) bond motifs is 2. The van der Waals surface area contributed by atoms with Crippen LogP contribution in [0.5, 0.6) is 5.75 Å². The van der Waals surface area contributed by atoms with Crippen LogP contribution in [0.1, 0.15) is 64.4 Å². The van der Waals surface area contributed by atoms with Gasteiger partial charge in [0.05, 0.1) is 6.04 Å². The van der Waals surface area contributed by atoms with Gasteiger partial charge in [-0.2, -0.15) is 0 Å². The van der Waals surface area contributed by atoms with Crippen LogP contribution in [0.25, 0.3) is 0 Å². The lowest BCUT2D eigenvalue weighted by Gasteiger charge is -2.31. The van der Waals surface area contributed by atoms with Gasteiger partial charge in [0.1, 0.15) is 12.4 Å². The molecule has 230 valence electrons. The van der Waals surface area contributed by atoms with Gasteiger partial charge >= 0.3 is 5.97 Å². The summed E-state index contributed by atoms with van der Waals surface area (Å²) in [6.07, 6.45) is 4.70. The summed E-state index contributed by atoms with van der Waals surface area (Å²) in [6.45, 7) is 5.72. The van der Waals surface area contributed by atoms with Crippen molar-refractivity contribution >= 4 is 5.97 Å². The molecule has 2 atom stereocenters. The number of hydrogen-bond acceptors (Lipinski definition) is 4. The van der Waals surface area contributed by atoms with Crippen molar-refractivity contribution in [3.8, 4) is 5.75 Å². The third-order valence-electron chi connectivity index (χ3n) is 8.77. The average molecular weight is 592 g/mol. The van der Waals surface area contributed by atoms with Crippen molar-refractivity contribution in [3.05, 3.63) is 136 Å². The average Bonchev–Trinajstić information content (AvgIpc) is 3.20. The predicted molar refractivity (Wildman–Crippen MR) is 177 cm³/mol. The second kappa shape index (κ2) is 15.2. The highest BCUT2D eigenvalue weighted by atomic mass is 16.5. The normalized spacial score (nSPS) is 14.9. The van der Waals surface area contributed by atoms with Gasteiger partial charge in [-0.1, -0.05) is 85.8 Å². The number of hydrogen-bond donors (Lipinski definition) is 1. The maximum atomic E-state index is 11.5. The molecule has 4 aromatic carbocycles. The molecule has 0 fully saturated rings. The predicted octanol–water partition coefficient (Wildman–Crippen LogP) is 7.27. The summed E-state index contributed by atoms with van der Waals surface area (Å²) in [5, 5.41) is 9.40. The number of likely N-dealkylation sites (N-methyl/N-ethyl adjacent to an activating group) is 1. The van der Waals surface area contributed by atoms with Gasteiger partial charge in [-0.15, -0.1) is 0 Å². The number of rotatable bonds is 14. The molecule has 0 heterocycles. The fraction of sp³-hybridized carbons (Fsp3) is 0.359. The Kier molecular flexibility index (Phi) is 10.9. The smallest absolute Gasteiger partial charge is 0.333 e. The molecule has 4 aromatic rings. The highest BCUT2D eigenvalue weighted by Crippen LogP contribution is 2.37. The van der Waals surface area contributed by atoms with E-state index in [1.807, 2.05) is 31.2 Å². The zero-order valence-corrected chi connectivity index (χ0v) is 26.3. The molecular weight excluding hydrogens is 546 g/mol. The third kappa shape index (κ3) is 7.96. The number of carboxylic acids is 1. The number of benzene rings is 4. The SMILES string of the molecule is CCOC(Cc1ccc(OCCN(C)C2c3ccc(CC)cc3CCc3ccc(CCc4ccccc4)cc32)cc1)C(=O)O. The van der Waals surface area contributed by atoms with Crippen LogP contribution in [0.15, 0.2) is 91.0 Å². The van der Waals surface area contributed by atoms with Gasteiger partial charge in [0, 0.05) is 19.6 Å². The number of carboxylic acid groups (broad SMARTS) is 1. The third-order valence-corrected chi connectivity index (χ3v) is 8.77. The lowest BCUT2D eigenvalue weighted by atomic mass is 9.90. The van der Waals surface area contributed by atoms with E-state index in [1.165, 1.54) is 38.9 Å². The van der Waals surface area contributed by atoms with Crippen LogP contribution in [0.4, 0.5) is 0 Å². The first-order chi connectivity index (χ1) is 21.4. The zero-order valence-electron chi connectivity index (χ0n) is 26.3. The molecule has 0 aromatic heterocycles. The van der Waals surface area contributed by atoms with Crippen LogP contribution in [0.3, 0.4) is 0 Å². The first-order valence-electron chi connectivity index (χ1n) is 16.0. The number of aryl methyl sites for hydroxylation is 5. The number of nitrogens with zero attached hydrogens (tertiary/aromatic N) is 1. The second-order valence-corrected chi connectivity index (χ2v) is 11.8. The first kappa shape index (κ1) is 31.5. The molecule has 5 rings (SSSR count). The van der Waals surface area contributed by atoms with E-state index >= 15 is 0 Å². The molecule has 5 heteroatoms. The molecule has 0 radical (unpaired) electrons. The van der Waals surface area contributed by atoms with Gasteiger partial charge in [0.15, 0.2) is 6.10 Å². The van der Waals surface area contributed by atoms with Gasteiger partial charge < -0.3 is 14.6 Å². The molecule has 44 heavy (non-hydrogen) atoms. The van der Waals surface area contributed by atoms with Crippen LogP contribution >= 0.6 is 0 Å². The summed E-state index contributed by atoms with van der Waals surface area (Å²) in [5.41, 5.74) is 10.7. The van der Waals surface area contributed by atoms with Crippen molar-refractivity contribution in [1.82, 2.24) is 4.90 Å². The first-order valence-corrected chi connectivity index (χ1v) is 16.0. The molecule has 0 saturated heterocycles. The maximum absolute atomic E-state index is 11.5. The molecule has 2 unspecified atom stereocenters. The Balaban J connectivity index is 1.31. The standard InChI is InChI=1S/C39H45NO4/c1-4-28-16-22-35-33(25-28)19-18-32-17-13-30(12-11-29-9-7-6-8-10-29)26-36(32)38(35)40(3)23-24-44-34-20-14-31(15-21-34)27-37(39(41)42)43-5-2/h6-10,13-17,20-22,25-26,37-38H,4-5,11-12,18-19,23-24,27H2,1-3H3,(H,41,42). The topological polar surface area (TPSA) is 59.0 Å². The minimum absolute atomic E-state index is 0.155. The molecule has 0 amide bonds. The highest BCUT2D eigenvalue weighted by molar-refractivity contribution is 5.72. The fourth-order valence-corrected chi connectivity index (χ4v) is 6.28. The van der Waals surface area contributed by atoms with Crippen LogP contribution in [-0.2, 0) is 48.1 Å². The molecule has 1 aliphatic carbocycles. The Morgan fingerprint density at radius 1 is 0.818 bits per heavy atom. The largest absolute Gasteiger partial charge is 0.492 e. The van der Waals surface area contributed by atoms with Crippen LogP contribution in [0, 0.1) is 0 Å². The summed E-state index contributed by atoms with van der Waals surface area (Å²) in [4.78, 5) is 13.9. The van der Waals surface area contributed by atoms with Gasteiger partial charge in [-0.25, -0.2) is 4.79 Å². The van der Waals surface area contributed by atoms with Gasteiger partial charge in [0.25, 0.3) is 0 Å². The van der Waals surface area contributed by atoms with Crippen molar-refractivity contribution in [1.29, 1.82) is 0 Å². The molecule has 1 N–H and O–H groups in total. The Labute approximate surface area is 262 Å². The van der Waals surface area contributed by atoms with E-state index in [-0.39, 0.29) is 6.04 Å². The van der Waals surface area contributed by atoms with E-state index in [1.54, 1.807) is 0 Å². The lowest BCUT2D eigenvalue weighted by Crippen LogP contribution is -2.30. The molecule has 1 aliphatic rings. The molecule has 0 aliphatic heterocycles. The second-order valence-electron chi connectivity index (χ2n) is 11.8. The summed E-state index contributed by atoms with van der Waals surface area (Å²) < 4.78 is 11.6. The van der Waals surface area contributed by atoms with Gasteiger partial charge in [0.2, 0.25) is 0 Å². The fourth-order valence-electron chi connectivity index (χ4n) is 6.28. The van der Waals surface area contributed by atoms with E-state index < -0.39 is 12.1 Å². The Morgan fingerprint density at radius 3 is 2.25 bits per heavy atom. The van der Waals surface area contributed by atoms with E-state index in [0.717, 1.165) is 50.0 Å². The number of ether oxygens (including phenoxy) is 2. The van der Waals surface area contributed by atoms with Crippen molar-refractivity contribution in [3.63, 3.8) is 0 Å². The lowest BCUT2D eigenvalue weighted by molar-refractivity contribution is -0.149. The van der Waals surface area contributed by atoms with Crippen LogP contribution in [0.2, 0.25) is 0 Å². The molecular formula is C39H45NO4. The monoisotopic (exact) mass is 591 g/mol. The summed E-state index contributed by atoms with van der Waals surface area (Å²) >= 11 is 0. The van der Waals surface area contributed by atoms with Crippen molar-refractivity contribution in [2.75, 3.05) is 26.8 Å². The van der Waals surface area contributed by atoms with Crippen molar-refractivity contribution in [2.45, 2.75) is 64.5 Å². The molecule has 0 spiro atoms. The van der Waals surface area contributed by atoms with E-state index in [4.69, 9.17) is 9.47 Å². The van der Waals surface area contributed by atoms with Crippen molar-refractivity contribution < 1.29 is 19.4 Å². The Bertz CT molecular complexity index is 1520. The quantitative estimate of drug-likeness (QED) is 0.167. The van der Waals surface area contributed by atoms with E-state index in [2.05, 4.69) is 85.6 Å². The molecule has 5 nitrogen and oxygen atoms in total. The zero-order chi connectivity index (χ0) is 30.9. The minimum atomic E-state index is -0.939. The minimum Gasteiger partial charge on any atom is -0.492 e. The van der Waals surface area contributed by atoms with E-state index in [0.29, 0.717) is 19.6 Å². The van der Waals surface area contributed by atoms with Gasteiger partial charge in [-0.3, -0.25) is 4.90 Å².